The van der Waals surface area contributed by atoms with Crippen LogP contribution in [0.25, 0.3) is 11.1 Å². The van der Waals surface area contributed by atoms with Crippen molar-refractivity contribution in [3.8, 4) is 11.1 Å². The maximum Gasteiger partial charge on any atom is 0.0564 e. The highest BCUT2D eigenvalue weighted by Gasteiger charge is 2.39. The third-order valence-corrected chi connectivity index (χ3v) is 8.20. The number of fused-ring (bicyclic) bond motifs is 3. The Bertz CT molecular complexity index is 1710. The van der Waals surface area contributed by atoms with Crippen molar-refractivity contribution in [1.29, 1.82) is 0 Å². The summed E-state index contributed by atoms with van der Waals surface area (Å²) in [6.45, 7) is 4.71. The van der Waals surface area contributed by atoms with E-state index in [1.165, 1.54) is 27.9 Å². The SMILES string of the molecule is CC1(C)c2ccccc2-c2c(N(c3ccccc3)c3ccccc3)cc(N(c3ccccc3)c3ccccc3)cc21. The van der Waals surface area contributed by atoms with Gasteiger partial charge in [0.15, 0.2) is 0 Å². The summed E-state index contributed by atoms with van der Waals surface area (Å²) in [6.07, 6.45) is 0. The fourth-order valence-corrected chi connectivity index (χ4v) is 6.27. The van der Waals surface area contributed by atoms with Crippen LogP contribution in [0, 0.1) is 0 Å². The topological polar surface area (TPSA) is 6.48 Å². The lowest BCUT2D eigenvalue weighted by molar-refractivity contribution is 0.660. The summed E-state index contributed by atoms with van der Waals surface area (Å²) in [5, 5.41) is 0. The molecule has 2 nitrogen and oxygen atoms in total. The van der Waals surface area contributed by atoms with Crippen LogP contribution >= 0.6 is 0 Å². The van der Waals surface area contributed by atoms with Crippen molar-refractivity contribution >= 4 is 34.1 Å². The molecule has 0 unspecified atom stereocenters. The van der Waals surface area contributed by atoms with Crippen LogP contribution in [0.4, 0.5) is 34.1 Å². The van der Waals surface area contributed by atoms with E-state index < -0.39 is 0 Å². The molecule has 7 rings (SSSR count). The average Bonchev–Trinajstić information content (AvgIpc) is 3.26. The van der Waals surface area contributed by atoms with Crippen LogP contribution in [0.2, 0.25) is 0 Å². The zero-order valence-electron chi connectivity index (χ0n) is 23.4. The molecule has 0 bridgehead atoms. The summed E-state index contributed by atoms with van der Waals surface area (Å²) in [5.41, 5.74) is 12.0. The maximum absolute atomic E-state index is 2.41. The van der Waals surface area contributed by atoms with Gasteiger partial charge in [0.25, 0.3) is 0 Å². The van der Waals surface area contributed by atoms with E-state index in [0.29, 0.717) is 0 Å². The van der Waals surface area contributed by atoms with Gasteiger partial charge in [0, 0.05) is 39.4 Å². The van der Waals surface area contributed by atoms with Gasteiger partial charge in [-0.05, 0) is 77.4 Å². The van der Waals surface area contributed by atoms with Gasteiger partial charge >= 0.3 is 0 Å². The Hall–Kier alpha value is -5.08. The smallest absolute Gasteiger partial charge is 0.0564 e. The third-order valence-electron chi connectivity index (χ3n) is 8.20. The van der Waals surface area contributed by atoms with E-state index in [4.69, 9.17) is 0 Å². The van der Waals surface area contributed by atoms with Crippen molar-refractivity contribution in [3.05, 3.63) is 169 Å². The molecule has 2 heteroatoms. The molecule has 0 fully saturated rings. The first-order valence-corrected chi connectivity index (χ1v) is 14.2. The minimum absolute atomic E-state index is 0.158. The summed E-state index contributed by atoms with van der Waals surface area (Å²) in [5.74, 6) is 0. The van der Waals surface area contributed by atoms with Gasteiger partial charge in [-0.1, -0.05) is 111 Å². The van der Waals surface area contributed by atoms with Crippen molar-refractivity contribution in [1.82, 2.24) is 0 Å². The number of nitrogens with zero attached hydrogens (tertiary/aromatic N) is 2. The van der Waals surface area contributed by atoms with E-state index in [9.17, 15) is 0 Å². The van der Waals surface area contributed by atoms with Crippen LogP contribution in [0.3, 0.4) is 0 Å². The van der Waals surface area contributed by atoms with Crippen LogP contribution < -0.4 is 9.80 Å². The molecule has 6 aromatic rings. The number of anilines is 6. The van der Waals surface area contributed by atoms with Gasteiger partial charge in [-0.3, -0.25) is 0 Å². The van der Waals surface area contributed by atoms with Crippen LogP contribution in [-0.2, 0) is 5.41 Å². The highest BCUT2D eigenvalue weighted by Crippen LogP contribution is 2.56. The summed E-state index contributed by atoms with van der Waals surface area (Å²) in [6, 6.07) is 56.5. The fraction of sp³-hybridized carbons (Fsp3) is 0.0769. The Labute approximate surface area is 242 Å². The van der Waals surface area contributed by atoms with Gasteiger partial charge in [0.2, 0.25) is 0 Å². The first-order chi connectivity index (χ1) is 20.1. The van der Waals surface area contributed by atoms with Gasteiger partial charge in [-0.25, -0.2) is 0 Å². The molecule has 0 aliphatic heterocycles. The van der Waals surface area contributed by atoms with E-state index in [1.807, 2.05) is 0 Å². The Morgan fingerprint density at radius 1 is 0.390 bits per heavy atom. The number of hydrogen-bond acceptors (Lipinski definition) is 2. The summed E-state index contributed by atoms with van der Waals surface area (Å²) >= 11 is 0. The lowest BCUT2D eigenvalue weighted by Gasteiger charge is -2.32. The van der Waals surface area contributed by atoms with Crippen LogP contribution in [-0.4, -0.2) is 0 Å². The Morgan fingerprint density at radius 2 is 0.805 bits per heavy atom. The Balaban J connectivity index is 1.57. The molecule has 0 amide bonds. The van der Waals surface area contributed by atoms with Gasteiger partial charge in [0.1, 0.15) is 0 Å². The van der Waals surface area contributed by atoms with E-state index >= 15 is 0 Å². The van der Waals surface area contributed by atoms with Gasteiger partial charge in [0.05, 0.1) is 5.69 Å². The Morgan fingerprint density at radius 3 is 1.29 bits per heavy atom. The fourth-order valence-electron chi connectivity index (χ4n) is 6.27. The van der Waals surface area contributed by atoms with Crippen molar-refractivity contribution < 1.29 is 0 Å². The highest BCUT2D eigenvalue weighted by atomic mass is 15.2. The molecule has 0 saturated carbocycles. The second kappa shape index (κ2) is 10.1. The number of rotatable bonds is 6. The lowest BCUT2D eigenvalue weighted by atomic mass is 9.82. The van der Waals surface area contributed by atoms with Gasteiger partial charge in [-0.15, -0.1) is 0 Å². The number of benzene rings is 6. The van der Waals surface area contributed by atoms with Gasteiger partial charge < -0.3 is 9.80 Å². The monoisotopic (exact) mass is 528 g/mol. The van der Waals surface area contributed by atoms with Crippen LogP contribution in [0.15, 0.2) is 158 Å². The van der Waals surface area contributed by atoms with E-state index in [2.05, 4.69) is 181 Å². The minimum Gasteiger partial charge on any atom is -0.310 e. The van der Waals surface area contributed by atoms with E-state index in [1.54, 1.807) is 0 Å². The number of para-hydroxylation sites is 4. The molecule has 198 valence electrons. The molecule has 1 aliphatic carbocycles. The first-order valence-electron chi connectivity index (χ1n) is 14.2. The minimum atomic E-state index is -0.158. The summed E-state index contributed by atoms with van der Waals surface area (Å²) in [4.78, 5) is 4.78. The molecule has 41 heavy (non-hydrogen) atoms. The molecule has 0 atom stereocenters. The molecule has 0 radical (unpaired) electrons. The molecule has 0 heterocycles. The zero-order chi connectivity index (χ0) is 27.8. The summed E-state index contributed by atoms with van der Waals surface area (Å²) < 4.78 is 0. The molecule has 0 spiro atoms. The quantitative estimate of drug-likeness (QED) is 0.212. The standard InChI is InChI=1S/C39H32N2/c1-39(2)35-26-16-15-25-34(35)38-36(39)27-33(40(29-17-7-3-8-18-29)30-19-9-4-10-20-30)28-37(38)41(31-21-11-5-12-22-31)32-23-13-6-14-24-32/h3-28H,1-2H3. The molecule has 6 aromatic carbocycles. The van der Waals surface area contributed by atoms with Crippen LogP contribution in [0.5, 0.6) is 0 Å². The van der Waals surface area contributed by atoms with Crippen LogP contribution in [0.1, 0.15) is 25.0 Å². The van der Waals surface area contributed by atoms with Crippen molar-refractivity contribution in [3.63, 3.8) is 0 Å². The van der Waals surface area contributed by atoms with E-state index in [-0.39, 0.29) is 5.41 Å². The summed E-state index contributed by atoms with van der Waals surface area (Å²) in [7, 11) is 0. The highest BCUT2D eigenvalue weighted by molar-refractivity contribution is 5.98. The Kier molecular flexibility index (Phi) is 6.17. The molecule has 0 aromatic heterocycles. The molecule has 0 N–H and O–H groups in total. The third kappa shape index (κ3) is 4.29. The maximum atomic E-state index is 2.41. The van der Waals surface area contributed by atoms with Gasteiger partial charge in [-0.2, -0.15) is 0 Å². The van der Waals surface area contributed by atoms with Crippen molar-refractivity contribution in [2.45, 2.75) is 19.3 Å². The van der Waals surface area contributed by atoms with E-state index in [0.717, 1.165) is 28.4 Å². The second-order valence-electron chi connectivity index (χ2n) is 11.1. The molecular formula is C39H32N2. The average molecular weight is 529 g/mol. The second-order valence-corrected chi connectivity index (χ2v) is 11.1. The van der Waals surface area contributed by atoms with Crippen molar-refractivity contribution in [2.75, 3.05) is 9.80 Å². The lowest BCUT2D eigenvalue weighted by Crippen LogP contribution is -2.18. The molecule has 0 saturated heterocycles. The normalized spacial score (nSPS) is 12.8. The van der Waals surface area contributed by atoms with Crippen molar-refractivity contribution in [2.24, 2.45) is 0 Å². The predicted octanol–water partition coefficient (Wildman–Crippen LogP) is 10.9. The molecule has 1 aliphatic rings. The zero-order valence-corrected chi connectivity index (χ0v) is 23.4. The number of hydrogen-bond donors (Lipinski definition) is 0. The predicted molar refractivity (Wildman–Crippen MR) is 173 cm³/mol. The largest absolute Gasteiger partial charge is 0.310 e. The first kappa shape index (κ1) is 24.9. The molecular weight excluding hydrogens is 496 g/mol.